The molecule has 0 spiro atoms. The van der Waals surface area contributed by atoms with Crippen LogP contribution < -0.4 is 0 Å². The number of hydrogen-bond donors (Lipinski definition) is 0. The smallest absolute Gasteiger partial charge is 0.331 e. The molecule has 7 heteroatoms. The van der Waals surface area contributed by atoms with Gasteiger partial charge in [0.15, 0.2) is 0 Å². The van der Waals surface area contributed by atoms with Crippen molar-refractivity contribution >= 4 is 27.8 Å². The van der Waals surface area contributed by atoms with Crippen LogP contribution in [0, 0.1) is 13.8 Å². The van der Waals surface area contributed by atoms with E-state index in [0.717, 1.165) is 21.2 Å². The van der Waals surface area contributed by atoms with E-state index >= 15 is 0 Å². The van der Waals surface area contributed by atoms with Crippen molar-refractivity contribution in [3.8, 4) is 0 Å². The molecule has 1 aliphatic heterocycles. The van der Waals surface area contributed by atoms with Gasteiger partial charge in [0.2, 0.25) is 5.91 Å². The quantitative estimate of drug-likeness (QED) is 0.677. The number of hydrogen-bond acceptors (Lipinski definition) is 5. The van der Waals surface area contributed by atoms with Gasteiger partial charge < -0.3 is 14.5 Å². The lowest BCUT2D eigenvalue weighted by Crippen LogP contribution is -2.61. The molecule has 0 saturated carbocycles. The summed E-state index contributed by atoms with van der Waals surface area (Å²) in [6.45, 7) is 5.14. The second kappa shape index (κ2) is 8.50. The van der Waals surface area contributed by atoms with Gasteiger partial charge in [0.1, 0.15) is 5.54 Å². The van der Waals surface area contributed by atoms with Crippen molar-refractivity contribution in [2.24, 2.45) is 0 Å². The molecule has 1 heterocycles. The molecule has 0 aliphatic carbocycles. The summed E-state index contributed by atoms with van der Waals surface area (Å²) in [7, 11) is 4.67. The maximum atomic E-state index is 13.0. The predicted molar refractivity (Wildman–Crippen MR) is 103 cm³/mol. The molecular formula is C19H27BrN2O4. The number of esters is 1. The molecule has 1 saturated heterocycles. The van der Waals surface area contributed by atoms with E-state index in [1.807, 2.05) is 19.9 Å². The highest BCUT2D eigenvalue weighted by Gasteiger charge is 2.48. The highest BCUT2D eigenvalue weighted by molar-refractivity contribution is 9.10. The third-order valence-electron chi connectivity index (χ3n) is 5.28. The second-order valence-electron chi connectivity index (χ2n) is 6.81. The number of aryl methyl sites for hydroxylation is 2. The molecule has 1 aromatic carbocycles. The number of piperidine rings is 1. The summed E-state index contributed by atoms with van der Waals surface area (Å²) >= 11 is 3.56. The largest absolute Gasteiger partial charge is 0.467 e. The Hall–Kier alpha value is -1.44. The lowest BCUT2D eigenvalue weighted by molar-refractivity contribution is -0.183. The summed E-state index contributed by atoms with van der Waals surface area (Å²) in [5, 5.41) is 1.79. The van der Waals surface area contributed by atoms with Crippen molar-refractivity contribution in [1.82, 2.24) is 9.96 Å². The first kappa shape index (κ1) is 20.9. The Bertz CT molecular complexity index is 661. The minimum atomic E-state index is -0.952. The summed E-state index contributed by atoms with van der Waals surface area (Å²) in [5.41, 5.74) is 2.19. The molecule has 1 amide bonds. The SMILES string of the molecule is COC(=O)C1(N(C)C(=O)Cc2c(C)cc(C)cc2Br)CCN(OC)CC1. The number of nitrogens with zero attached hydrogens (tertiary/aromatic N) is 2. The number of methoxy groups -OCH3 is 1. The van der Waals surface area contributed by atoms with Gasteiger partial charge in [0, 0.05) is 24.6 Å². The maximum Gasteiger partial charge on any atom is 0.331 e. The molecule has 6 nitrogen and oxygen atoms in total. The van der Waals surface area contributed by atoms with Crippen LogP contribution in [0.15, 0.2) is 16.6 Å². The second-order valence-corrected chi connectivity index (χ2v) is 7.66. The van der Waals surface area contributed by atoms with E-state index in [-0.39, 0.29) is 18.3 Å². The standard InChI is InChI=1S/C19H27BrN2O4/c1-13-10-14(2)15(16(20)11-13)12-17(23)21(3)19(18(24)25-4)6-8-22(26-5)9-7-19/h10-11H,6-9,12H2,1-5H3. The third-order valence-corrected chi connectivity index (χ3v) is 5.99. The Balaban J connectivity index is 2.25. The number of likely N-dealkylation sites (N-methyl/N-ethyl adjacent to an activating group) is 1. The lowest BCUT2D eigenvalue weighted by atomic mass is 9.86. The number of carbonyl (C=O) groups excluding carboxylic acids is 2. The average molecular weight is 427 g/mol. The van der Waals surface area contributed by atoms with Gasteiger partial charge in [0.05, 0.1) is 20.6 Å². The van der Waals surface area contributed by atoms with Crippen LogP contribution in [0.2, 0.25) is 0 Å². The molecule has 26 heavy (non-hydrogen) atoms. The van der Waals surface area contributed by atoms with Crippen molar-refractivity contribution in [3.63, 3.8) is 0 Å². The van der Waals surface area contributed by atoms with E-state index in [4.69, 9.17) is 9.57 Å². The first-order valence-corrected chi connectivity index (χ1v) is 9.44. The van der Waals surface area contributed by atoms with Crippen LogP contribution in [0.1, 0.15) is 29.5 Å². The highest BCUT2D eigenvalue weighted by Crippen LogP contribution is 2.31. The van der Waals surface area contributed by atoms with Gasteiger partial charge in [-0.1, -0.05) is 22.0 Å². The highest BCUT2D eigenvalue weighted by atomic mass is 79.9. The first-order chi connectivity index (χ1) is 12.2. The molecule has 1 fully saturated rings. The number of benzene rings is 1. The lowest BCUT2D eigenvalue weighted by Gasteiger charge is -2.44. The van der Waals surface area contributed by atoms with Crippen LogP contribution in [0.3, 0.4) is 0 Å². The fourth-order valence-electron chi connectivity index (χ4n) is 3.58. The zero-order valence-corrected chi connectivity index (χ0v) is 17.7. The number of hydroxylamine groups is 2. The molecule has 0 aromatic heterocycles. The summed E-state index contributed by atoms with van der Waals surface area (Å²) < 4.78 is 5.96. The molecule has 1 aromatic rings. The Morgan fingerprint density at radius 2 is 1.85 bits per heavy atom. The van der Waals surface area contributed by atoms with Crippen molar-refractivity contribution in [3.05, 3.63) is 33.3 Å². The molecule has 0 unspecified atom stereocenters. The molecule has 1 aliphatic rings. The van der Waals surface area contributed by atoms with Gasteiger partial charge in [-0.15, -0.1) is 0 Å². The van der Waals surface area contributed by atoms with Gasteiger partial charge in [-0.25, -0.2) is 4.79 Å². The van der Waals surface area contributed by atoms with Gasteiger partial charge in [-0.05, 0) is 49.4 Å². The summed E-state index contributed by atoms with van der Waals surface area (Å²) in [6, 6.07) is 4.06. The van der Waals surface area contributed by atoms with E-state index in [1.54, 1.807) is 24.1 Å². The van der Waals surface area contributed by atoms with E-state index in [1.165, 1.54) is 7.11 Å². The Morgan fingerprint density at radius 1 is 1.23 bits per heavy atom. The fourth-order valence-corrected chi connectivity index (χ4v) is 4.40. The van der Waals surface area contributed by atoms with Crippen LogP contribution >= 0.6 is 15.9 Å². The molecular weight excluding hydrogens is 400 g/mol. The minimum Gasteiger partial charge on any atom is -0.467 e. The number of rotatable bonds is 5. The van der Waals surface area contributed by atoms with E-state index < -0.39 is 5.54 Å². The average Bonchev–Trinajstić information content (AvgIpc) is 2.63. The molecule has 0 atom stereocenters. The van der Waals surface area contributed by atoms with Crippen molar-refractivity contribution in [1.29, 1.82) is 0 Å². The normalized spacial score (nSPS) is 17.0. The van der Waals surface area contributed by atoms with Crippen LogP contribution in [-0.4, -0.2) is 61.7 Å². The van der Waals surface area contributed by atoms with Crippen molar-refractivity contribution in [2.45, 2.75) is 38.6 Å². The molecule has 0 bridgehead atoms. The zero-order chi connectivity index (χ0) is 19.5. The number of amides is 1. The zero-order valence-electron chi connectivity index (χ0n) is 16.1. The molecule has 144 valence electrons. The van der Waals surface area contributed by atoms with Gasteiger partial charge >= 0.3 is 5.97 Å². The Labute approximate surface area is 163 Å². The van der Waals surface area contributed by atoms with Gasteiger partial charge in [0.25, 0.3) is 0 Å². The number of ether oxygens (including phenoxy) is 1. The number of carbonyl (C=O) groups is 2. The van der Waals surface area contributed by atoms with Crippen LogP contribution in [0.25, 0.3) is 0 Å². The van der Waals surface area contributed by atoms with Gasteiger partial charge in [-0.3, -0.25) is 4.79 Å². The molecule has 0 radical (unpaired) electrons. The number of halogens is 1. The van der Waals surface area contributed by atoms with Crippen LogP contribution in [0.4, 0.5) is 0 Å². The summed E-state index contributed by atoms with van der Waals surface area (Å²) in [4.78, 5) is 32.4. The van der Waals surface area contributed by atoms with Gasteiger partial charge in [-0.2, -0.15) is 5.06 Å². The maximum absolute atomic E-state index is 13.0. The van der Waals surface area contributed by atoms with E-state index in [0.29, 0.717) is 25.9 Å². The van der Waals surface area contributed by atoms with E-state index in [9.17, 15) is 9.59 Å². The Morgan fingerprint density at radius 3 is 2.35 bits per heavy atom. The molecule has 0 N–H and O–H groups in total. The Kier molecular flexibility index (Phi) is 6.82. The van der Waals surface area contributed by atoms with Crippen LogP contribution in [0.5, 0.6) is 0 Å². The van der Waals surface area contributed by atoms with Crippen molar-refractivity contribution < 1.29 is 19.2 Å². The van der Waals surface area contributed by atoms with Crippen molar-refractivity contribution in [2.75, 3.05) is 34.4 Å². The van der Waals surface area contributed by atoms with E-state index in [2.05, 4.69) is 22.0 Å². The monoisotopic (exact) mass is 426 g/mol. The third kappa shape index (κ3) is 4.10. The topological polar surface area (TPSA) is 59.1 Å². The first-order valence-electron chi connectivity index (χ1n) is 8.65. The summed E-state index contributed by atoms with van der Waals surface area (Å²) in [5.74, 6) is -0.474. The predicted octanol–water partition coefficient (Wildman–Crippen LogP) is 2.64. The van der Waals surface area contributed by atoms with Crippen LogP contribution in [-0.2, 0) is 25.6 Å². The fraction of sp³-hybridized carbons (Fsp3) is 0.579. The summed E-state index contributed by atoms with van der Waals surface area (Å²) in [6.07, 6.45) is 1.18. The molecule has 2 rings (SSSR count). The minimum absolute atomic E-state index is 0.103.